The first-order chi connectivity index (χ1) is 48.9. The molecule has 600 valence electrons. The summed E-state index contributed by atoms with van der Waals surface area (Å²) < 4.78 is 68.8. The average molecular weight is 1480 g/mol. The number of hydrogen-bond donors (Lipinski definition) is 3. The van der Waals surface area contributed by atoms with Crippen LogP contribution in [0.4, 0.5) is 0 Å². The normalized spacial score (nSPS) is 13.9. The number of esters is 4. The van der Waals surface area contributed by atoms with Gasteiger partial charge in [-0.3, -0.25) is 37.3 Å². The van der Waals surface area contributed by atoms with Crippen molar-refractivity contribution in [3.8, 4) is 0 Å². The second-order valence-electron chi connectivity index (χ2n) is 30.5. The van der Waals surface area contributed by atoms with Gasteiger partial charge in [-0.1, -0.05) is 382 Å². The van der Waals surface area contributed by atoms with Crippen molar-refractivity contribution in [3.05, 3.63) is 0 Å². The third-order valence-corrected chi connectivity index (χ3v) is 21.1. The highest BCUT2D eigenvalue weighted by Gasteiger charge is 2.30. The van der Waals surface area contributed by atoms with Crippen molar-refractivity contribution >= 4 is 39.5 Å². The number of phosphoric acid groups is 2. The number of carbonyl (C=O) groups is 4. The van der Waals surface area contributed by atoms with E-state index in [9.17, 15) is 43.2 Å². The fourth-order valence-corrected chi connectivity index (χ4v) is 14.3. The summed E-state index contributed by atoms with van der Waals surface area (Å²) in [5, 5.41) is 10.6. The summed E-state index contributed by atoms with van der Waals surface area (Å²) in [4.78, 5) is 73.1. The molecule has 0 aliphatic rings. The van der Waals surface area contributed by atoms with Crippen LogP contribution in [0.1, 0.15) is 433 Å². The van der Waals surface area contributed by atoms with Gasteiger partial charge >= 0.3 is 39.5 Å². The molecular weight excluding hydrogens is 1320 g/mol. The van der Waals surface area contributed by atoms with E-state index in [-0.39, 0.29) is 25.7 Å². The van der Waals surface area contributed by atoms with Crippen molar-refractivity contribution < 1.29 is 80.2 Å². The molecule has 0 rings (SSSR count). The molecule has 19 heteroatoms. The minimum absolute atomic E-state index is 0.108. The van der Waals surface area contributed by atoms with Crippen molar-refractivity contribution in [2.75, 3.05) is 39.6 Å². The van der Waals surface area contributed by atoms with Crippen LogP contribution in [0.2, 0.25) is 0 Å². The van der Waals surface area contributed by atoms with E-state index in [0.717, 1.165) is 102 Å². The summed E-state index contributed by atoms with van der Waals surface area (Å²) >= 11 is 0. The van der Waals surface area contributed by atoms with Gasteiger partial charge in [0.15, 0.2) is 12.2 Å². The number of aliphatic hydroxyl groups is 1. The molecule has 2 unspecified atom stereocenters. The smallest absolute Gasteiger partial charge is 0.462 e. The lowest BCUT2D eigenvalue weighted by molar-refractivity contribution is -0.161. The summed E-state index contributed by atoms with van der Waals surface area (Å²) in [7, 11) is -9.92. The molecule has 0 aliphatic heterocycles. The zero-order valence-electron chi connectivity index (χ0n) is 66.2. The fraction of sp³-hybridized carbons (Fsp3) is 0.951. The van der Waals surface area contributed by atoms with E-state index in [2.05, 4.69) is 41.5 Å². The molecule has 0 saturated carbocycles. The van der Waals surface area contributed by atoms with E-state index in [4.69, 9.17) is 37.0 Å². The van der Waals surface area contributed by atoms with E-state index < -0.39 is 97.5 Å². The molecule has 0 fully saturated rings. The van der Waals surface area contributed by atoms with Crippen LogP contribution in [0, 0.1) is 11.8 Å². The largest absolute Gasteiger partial charge is 0.472 e. The van der Waals surface area contributed by atoms with Crippen LogP contribution in [0.5, 0.6) is 0 Å². The maximum absolute atomic E-state index is 13.1. The van der Waals surface area contributed by atoms with Gasteiger partial charge in [0.05, 0.1) is 26.4 Å². The summed E-state index contributed by atoms with van der Waals surface area (Å²) in [6, 6.07) is 0. The number of aliphatic hydroxyl groups excluding tert-OH is 1. The molecule has 0 aromatic heterocycles. The lowest BCUT2D eigenvalue weighted by Crippen LogP contribution is -2.30. The van der Waals surface area contributed by atoms with Gasteiger partial charge in [-0.05, 0) is 37.5 Å². The molecule has 0 radical (unpaired) electrons. The molecule has 3 N–H and O–H groups in total. The SMILES string of the molecule is CCCCCCCCCCCCCCCCC(=O)OC[C@H](COP(=O)(O)OC[C@@H](O)COP(=O)(O)OC[C@@H](COC(=O)CCCCCCCCCCCC(C)C)OC(=O)CCCCCCCCCCCCCCCC)OC(=O)CCCCCCCCCCCCCCCCCCCCC(C)C. The van der Waals surface area contributed by atoms with E-state index in [1.165, 1.54) is 250 Å². The molecule has 0 aromatic carbocycles. The molecular formula is C82H160O17P2. The van der Waals surface area contributed by atoms with Crippen LogP contribution in [0.15, 0.2) is 0 Å². The molecule has 0 heterocycles. The Labute approximate surface area is 619 Å². The predicted molar refractivity (Wildman–Crippen MR) is 414 cm³/mol. The lowest BCUT2D eigenvalue weighted by atomic mass is 10.0. The number of rotatable bonds is 81. The summed E-state index contributed by atoms with van der Waals surface area (Å²) in [6.45, 7) is 9.67. The van der Waals surface area contributed by atoms with Crippen molar-refractivity contribution in [1.82, 2.24) is 0 Å². The molecule has 0 spiro atoms. The third kappa shape index (κ3) is 76.1. The highest BCUT2D eigenvalue weighted by atomic mass is 31.2. The van der Waals surface area contributed by atoms with E-state index in [1.54, 1.807) is 0 Å². The first-order valence-electron chi connectivity index (χ1n) is 42.5. The lowest BCUT2D eigenvalue weighted by Gasteiger charge is -2.21. The summed E-state index contributed by atoms with van der Waals surface area (Å²) in [6.07, 6.45) is 63.8. The highest BCUT2D eigenvalue weighted by Crippen LogP contribution is 2.45. The Morgan fingerprint density at radius 1 is 0.267 bits per heavy atom. The van der Waals surface area contributed by atoms with Gasteiger partial charge < -0.3 is 33.8 Å². The number of ether oxygens (including phenoxy) is 4. The third-order valence-electron chi connectivity index (χ3n) is 19.2. The van der Waals surface area contributed by atoms with Crippen LogP contribution >= 0.6 is 15.6 Å². The van der Waals surface area contributed by atoms with Crippen LogP contribution in [0.25, 0.3) is 0 Å². The molecule has 0 aromatic rings. The Bertz CT molecular complexity index is 1940. The Morgan fingerprint density at radius 3 is 0.673 bits per heavy atom. The monoisotopic (exact) mass is 1480 g/mol. The quantitative estimate of drug-likeness (QED) is 0.0222. The van der Waals surface area contributed by atoms with Crippen LogP contribution < -0.4 is 0 Å². The van der Waals surface area contributed by atoms with E-state index in [1.807, 2.05) is 0 Å². The van der Waals surface area contributed by atoms with Crippen LogP contribution in [-0.4, -0.2) is 96.7 Å². The first kappa shape index (κ1) is 99.1. The van der Waals surface area contributed by atoms with E-state index >= 15 is 0 Å². The molecule has 0 bridgehead atoms. The topological polar surface area (TPSA) is 237 Å². The van der Waals surface area contributed by atoms with Gasteiger partial charge in [-0.2, -0.15) is 0 Å². The average Bonchev–Trinajstić information content (AvgIpc) is 0.923. The van der Waals surface area contributed by atoms with Gasteiger partial charge in [-0.25, -0.2) is 9.13 Å². The zero-order chi connectivity index (χ0) is 74.2. The Balaban J connectivity index is 5.23. The van der Waals surface area contributed by atoms with Gasteiger partial charge in [0.1, 0.15) is 19.3 Å². The van der Waals surface area contributed by atoms with Gasteiger partial charge in [0.2, 0.25) is 0 Å². The van der Waals surface area contributed by atoms with Gasteiger partial charge in [-0.15, -0.1) is 0 Å². The van der Waals surface area contributed by atoms with Crippen molar-refractivity contribution in [2.45, 2.75) is 452 Å². The Hall–Kier alpha value is -1.94. The summed E-state index contributed by atoms with van der Waals surface area (Å²) in [5.41, 5.74) is 0. The summed E-state index contributed by atoms with van der Waals surface area (Å²) in [5.74, 6) is -0.541. The number of unbranched alkanes of at least 4 members (excludes halogenated alkanes) is 51. The Kier molecular flexibility index (Phi) is 72.2. The van der Waals surface area contributed by atoms with Crippen molar-refractivity contribution in [3.63, 3.8) is 0 Å². The van der Waals surface area contributed by atoms with Crippen LogP contribution in [-0.2, 0) is 65.4 Å². The van der Waals surface area contributed by atoms with Crippen LogP contribution in [0.3, 0.4) is 0 Å². The Morgan fingerprint density at radius 2 is 0.455 bits per heavy atom. The number of phosphoric ester groups is 2. The standard InChI is InChI=1S/C82H160O17P2/c1-7-9-11-13-15-17-19-21-30-34-40-46-52-58-64-79(84)92-70-77(98-82(87)67-61-55-49-42-36-32-28-26-24-23-25-27-29-33-38-44-50-56-62-74(3)4)72-96-100(88,89)94-68-76(83)69-95-101(90,91)97-73-78(71-93-80(85)65-59-53-47-43-37-39-45-51-57-63-75(5)6)99-81(86)66-60-54-48-41-35-31-22-20-18-16-14-12-10-8-2/h74-78,83H,7-73H2,1-6H3,(H,88,89)(H,90,91)/t76-,77-,78-/m1/s1. The van der Waals surface area contributed by atoms with Crippen molar-refractivity contribution in [1.29, 1.82) is 0 Å². The first-order valence-corrected chi connectivity index (χ1v) is 45.5. The number of hydrogen-bond acceptors (Lipinski definition) is 15. The number of carbonyl (C=O) groups excluding carboxylic acids is 4. The second-order valence-corrected chi connectivity index (χ2v) is 33.4. The van der Waals surface area contributed by atoms with E-state index in [0.29, 0.717) is 25.7 Å². The fourth-order valence-electron chi connectivity index (χ4n) is 12.7. The maximum Gasteiger partial charge on any atom is 0.472 e. The molecule has 101 heavy (non-hydrogen) atoms. The molecule has 0 aliphatic carbocycles. The predicted octanol–water partition coefficient (Wildman–Crippen LogP) is 24.7. The van der Waals surface area contributed by atoms with Gasteiger partial charge in [0.25, 0.3) is 0 Å². The highest BCUT2D eigenvalue weighted by molar-refractivity contribution is 7.47. The molecule has 5 atom stereocenters. The second kappa shape index (κ2) is 73.6. The van der Waals surface area contributed by atoms with Crippen molar-refractivity contribution in [2.24, 2.45) is 11.8 Å². The molecule has 0 saturated heterocycles. The minimum Gasteiger partial charge on any atom is -0.462 e. The maximum atomic E-state index is 13.1. The minimum atomic E-state index is -4.96. The zero-order valence-corrected chi connectivity index (χ0v) is 68.0. The molecule has 0 amide bonds. The van der Waals surface area contributed by atoms with Gasteiger partial charge in [0, 0.05) is 25.7 Å². The molecule has 17 nitrogen and oxygen atoms in total.